The van der Waals surface area contributed by atoms with Gasteiger partial charge in [-0.1, -0.05) is 42.5 Å². The summed E-state index contributed by atoms with van der Waals surface area (Å²) >= 11 is 0. The lowest BCUT2D eigenvalue weighted by molar-refractivity contribution is -0.143. The zero-order valence-corrected chi connectivity index (χ0v) is 11.2. The molecule has 0 aromatic heterocycles. The number of aliphatic carboxylic acids is 1. The van der Waals surface area contributed by atoms with E-state index >= 15 is 0 Å². The average Bonchev–Trinajstić information content (AvgIpc) is 2.48. The van der Waals surface area contributed by atoms with Crippen LogP contribution in [-0.2, 0) is 16.8 Å². The first-order chi connectivity index (χ1) is 9.72. The van der Waals surface area contributed by atoms with Gasteiger partial charge in [0.2, 0.25) is 0 Å². The third-order valence-electron chi connectivity index (χ3n) is 3.97. The SMILES string of the molecule is O=C(O)C1(Nc2ccccc2)CCCc2ccccc21. The molecule has 0 heterocycles. The first kappa shape index (κ1) is 12.7. The summed E-state index contributed by atoms with van der Waals surface area (Å²) in [4.78, 5) is 12.0. The molecule has 0 radical (unpaired) electrons. The quantitative estimate of drug-likeness (QED) is 0.896. The molecule has 2 aromatic carbocycles. The molecule has 3 rings (SSSR count). The second-order valence-electron chi connectivity index (χ2n) is 5.21. The van der Waals surface area contributed by atoms with Crippen LogP contribution in [0.5, 0.6) is 0 Å². The number of carboxylic acids is 1. The number of fused-ring (bicyclic) bond motifs is 1. The first-order valence-corrected chi connectivity index (χ1v) is 6.87. The number of hydrogen-bond donors (Lipinski definition) is 2. The summed E-state index contributed by atoms with van der Waals surface area (Å²) in [5.74, 6) is -0.812. The van der Waals surface area contributed by atoms with Gasteiger partial charge in [0.15, 0.2) is 5.54 Å². The Balaban J connectivity index is 2.08. The lowest BCUT2D eigenvalue weighted by Gasteiger charge is -2.37. The van der Waals surface area contributed by atoms with E-state index in [-0.39, 0.29) is 0 Å². The molecule has 102 valence electrons. The summed E-state index contributed by atoms with van der Waals surface area (Å²) in [5, 5.41) is 13.1. The van der Waals surface area contributed by atoms with Gasteiger partial charge in [-0.25, -0.2) is 4.79 Å². The summed E-state index contributed by atoms with van der Waals surface area (Å²) in [7, 11) is 0. The van der Waals surface area contributed by atoms with Crippen LogP contribution in [0.4, 0.5) is 5.69 Å². The van der Waals surface area contributed by atoms with Crippen molar-refractivity contribution in [2.75, 3.05) is 5.32 Å². The van der Waals surface area contributed by atoms with Crippen LogP contribution < -0.4 is 5.32 Å². The standard InChI is InChI=1S/C17H17NO2/c19-16(20)17(18-14-9-2-1-3-10-14)12-6-8-13-7-4-5-11-15(13)17/h1-5,7,9-11,18H,6,8,12H2,(H,19,20). The van der Waals surface area contributed by atoms with Gasteiger partial charge in [0, 0.05) is 5.69 Å². The third kappa shape index (κ3) is 2.05. The first-order valence-electron chi connectivity index (χ1n) is 6.87. The van der Waals surface area contributed by atoms with E-state index in [0.29, 0.717) is 6.42 Å². The fraction of sp³-hybridized carbons (Fsp3) is 0.235. The molecule has 1 atom stereocenters. The Labute approximate surface area is 118 Å². The maximum Gasteiger partial charge on any atom is 0.334 e. The molecule has 0 aliphatic heterocycles. The predicted octanol–water partition coefficient (Wildman–Crippen LogP) is 3.41. The van der Waals surface area contributed by atoms with Gasteiger partial charge in [-0.05, 0) is 42.5 Å². The Hall–Kier alpha value is -2.29. The Morgan fingerprint density at radius 3 is 2.50 bits per heavy atom. The van der Waals surface area contributed by atoms with Crippen molar-refractivity contribution in [2.45, 2.75) is 24.8 Å². The molecule has 0 saturated heterocycles. The molecule has 1 unspecified atom stereocenters. The van der Waals surface area contributed by atoms with Crippen LogP contribution in [0.1, 0.15) is 24.0 Å². The second kappa shape index (κ2) is 5.00. The van der Waals surface area contributed by atoms with E-state index in [1.165, 1.54) is 0 Å². The van der Waals surface area contributed by atoms with Crippen LogP contribution in [0.15, 0.2) is 54.6 Å². The van der Waals surface area contributed by atoms with Crippen molar-refractivity contribution in [1.29, 1.82) is 0 Å². The lowest BCUT2D eigenvalue weighted by Crippen LogP contribution is -2.46. The van der Waals surface area contributed by atoms with Gasteiger partial charge < -0.3 is 10.4 Å². The van der Waals surface area contributed by atoms with Crippen LogP contribution in [0.2, 0.25) is 0 Å². The van der Waals surface area contributed by atoms with E-state index in [2.05, 4.69) is 5.32 Å². The van der Waals surface area contributed by atoms with E-state index in [1.54, 1.807) is 0 Å². The zero-order valence-electron chi connectivity index (χ0n) is 11.2. The zero-order chi connectivity index (χ0) is 14.0. The van der Waals surface area contributed by atoms with Crippen molar-refractivity contribution in [3.05, 3.63) is 65.7 Å². The fourth-order valence-electron chi connectivity index (χ4n) is 3.01. The molecule has 3 heteroatoms. The lowest BCUT2D eigenvalue weighted by atomic mass is 9.76. The molecule has 0 saturated carbocycles. The predicted molar refractivity (Wildman–Crippen MR) is 78.8 cm³/mol. The minimum Gasteiger partial charge on any atom is -0.479 e. The number of nitrogens with one attached hydrogen (secondary N) is 1. The van der Waals surface area contributed by atoms with Crippen molar-refractivity contribution < 1.29 is 9.90 Å². The van der Waals surface area contributed by atoms with E-state index in [1.807, 2.05) is 54.6 Å². The minimum absolute atomic E-state index is 0.605. The highest BCUT2D eigenvalue weighted by molar-refractivity contribution is 5.85. The van der Waals surface area contributed by atoms with Crippen molar-refractivity contribution in [3.63, 3.8) is 0 Å². The number of aryl methyl sites for hydroxylation is 1. The molecule has 0 fully saturated rings. The topological polar surface area (TPSA) is 49.3 Å². The maximum atomic E-state index is 12.0. The highest BCUT2D eigenvalue weighted by Crippen LogP contribution is 2.38. The van der Waals surface area contributed by atoms with Gasteiger partial charge >= 0.3 is 5.97 Å². The van der Waals surface area contributed by atoms with Crippen LogP contribution in [0.25, 0.3) is 0 Å². The Morgan fingerprint density at radius 1 is 1.05 bits per heavy atom. The second-order valence-corrected chi connectivity index (χ2v) is 5.21. The number of benzene rings is 2. The summed E-state index contributed by atoms with van der Waals surface area (Å²) in [6.07, 6.45) is 2.43. The molecule has 1 aliphatic carbocycles. The van der Waals surface area contributed by atoms with E-state index in [4.69, 9.17) is 0 Å². The van der Waals surface area contributed by atoms with Gasteiger partial charge in [-0.2, -0.15) is 0 Å². The molecule has 1 aliphatic rings. The smallest absolute Gasteiger partial charge is 0.334 e. The van der Waals surface area contributed by atoms with Gasteiger partial charge in [-0.3, -0.25) is 0 Å². The van der Waals surface area contributed by atoms with Crippen LogP contribution in [-0.4, -0.2) is 11.1 Å². The van der Waals surface area contributed by atoms with Gasteiger partial charge in [0.1, 0.15) is 0 Å². The summed E-state index contributed by atoms with van der Waals surface area (Å²) in [6.45, 7) is 0. The molecule has 3 nitrogen and oxygen atoms in total. The number of carbonyl (C=O) groups is 1. The molecule has 2 N–H and O–H groups in total. The van der Waals surface area contributed by atoms with Crippen molar-refractivity contribution in [2.24, 2.45) is 0 Å². The monoisotopic (exact) mass is 267 g/mol. The van der Waals surface area contributed by atoms with Crippen LogP contribution >= 0.6 is 0 Å². The molecule has 0 bridgehead atoms. The van der Waals surface area contributed by atoms with Crippen molar-refractivity contribution in [3.8, 4) is 0 Å². The molecular weight excluding hydrogens is 250 g/mol. The molecule has 2 aromatic rings. The minimum atomic E-state index is -1.02. The fourth-order valence-corrected chi connectivity index (χ4v) is 3.01. The maximum absolute atomic E-state index is 12.0. The van der Waals surface area contributed by atoms with Crippen LogP contribution in [0, 0.1) is 0 Å². The normalized spacial score (nSPS) is 21.0. The summed E-state index contributed by atoms with van der Waals surface area (Å²) in [5.41, 5.74) is 1.84. The van der Waals surface area contributed by atoms with Gasteiger partial charge in [-0.15, -0.1) is 0 Å². The van der Waals surface area contributed by atoms with Gasteiger partial charge in [0.25, 0.3) is 0 Å². The Kier molecular flexibility index (Phi) is 3.18. The largest absolute Gasteiger partial charge is 0.479 e. The summed E-state index contributed by atoms with van der Waals surface area (Å²) < 4.78 is 0. The summed E-state index contributed by atoms with van der Waals surface area (Å²) in [6, 6.07) is 17.4. The van der Waals surface area contributed by atoms with Crippen LogP contribution in [0.3, 0.4) is 0 Å². The number of para-hydroxylation sites is 1. The number of carboxylic acid groups (broad SMARTS) is 1. The molecular formula is C17H17NO2. The molecule has 0 spiro atoms. The average molecular weight is 267 g/mol. The van der Waals surface area contributed by atoms with E-state index in [9.17, 15) is 9.90 Å². The number of anilines is 1. The highest BCUT2D eigenvalue weighted by Gasteiger charge is 2.43. The number of rotatable bonds is 3. The Bertz CT molecular complexity index is 624. The highest BCUT2D eigenvalue weighted by atomic mass is 16.4. The van der Waals surface area contributed by atoms with Gasteiger partial charge in [0.05, 0.1) is 0 Å². The Morgan fingerprint density at radius 2 is 1.75 bits per heavy atom. The molecule has 0 amide bonds. The van der Waals surface area contributed by atoms with Crippen molar-refractivity contribution in [1.82, 2.24) is 0 Å². The number of hydrogen-bond acceptors (Lipinski definition) is 2. The third-order valence-corrected chi connectivity index (χ3v) is 3.97. The molecule has 20 heavy (non-hydrogen) atoms. The van der Waals surface area contributed by atoms with E-state index in [0.717, 1.165) is 29.7 Å². The van der Waals surface area contributed by atoms with Crippen molar-refractivity contribution >= 4 is 11.7 Å². The van der Waals surface area contributed by atoms with E-state index < -0.39 is 11.5 Å².